The maximum absolute atomic E-state index is 12.4. The predicted molar refractivity (Wildman–Crippen MR) is 92.6 cm³/mol. The van der Waals surface area contributed by atoms with Gasteiger partial charge in [0.05, 0.1) is 0 Å². The fourth-order valence-corrected chi connectivity index (χ4v) is 4.42. The van der Waals surface area contributed by atoms with Crippen LogP contribution in [0.5, 0.6) is 0 Å². The van der Waals surface area contributed by atoms with E-state index in [1.165, 1.54) is 5.56 Å². The molecule has 0 saturated heterocycles. The quantitative estimate of drug-likeness (QED) is 0.743. The molecular weight excluding hydrogens is 326 g/mol. The average molecular weight is 347 g/mol. The first-order valence-corrected chi connectivity index (χ1v) is 9.28. The number of hydrogen-bond donors (Lipinski definition) is 2. The van der Waals surface area contributed by atoms with Gasteiger partial charge in [-0.15, -0.1) is 0 Å². The fourth-order valence-electron chi connectivity index (χ4n) is 3.06. The molecule has 0 bridgehead atoms. The van der Waals surface area contributed by atoms with Gasteiger partial charge in [0.15, 0.2) is 5.76 Å². The first-order valence-electron chi connectivity index (χ1n) is 7.80. The number of benzene rings is 1. The molecular formula is C17H21N3O3S. The number of rotatable bonds is 5. The second-order valence-electron chi connectivity index (χ2n) is 6.08. The molecule has 6 nitrogen and oxygen atoms in total. The van der Waals surface area contributed by atoms with Gasteiger partial charge in [-0.25, -0.2) is 13.1 Å². The third kappa shape index (κ3) is 2.97. The van der Waals surface area contributed by atoms with Crippen molar-refractivity contribution in [1.82, 2.24) is 14.9 Å². The molecule has 0 aliphatic rings. The number of aromatic amines is 1. The van der Waals surface area contributed by atoms with Gasteiger partial charge >= 0.3 is 0 Å². The SMILES string of the molecule is Cc1ccc2[nH]c(C)c(CCNS(=O)(=O)c3c(C)noc3C)c2c1. The number of fused-ring (bicyclic) bond motifs is 1. The van der Waals surface area contributed by atoms with Crippen LogP contribution in [0.2, 0.25) is 0 Å². The van der Waals surface area contributed by atoms with Crippen molar-refractivity contribution in [3.63, 3.8) is 0 Å². The van der Waals surface area contributed by atoms with Crippen LogP contribution < -0.4 is 4.72 Å². The predicted octanol–water partition coefficient (Wildman–Crippen LogP) is 2.91. The molecule has 0 aliphatic heterocycles. The van der Waals surface area contributed by atoms with Crippen LogP contribution in [0, 0.1) is 27.7 Å². The molecule has 0 saturated carbocycles. The van der Waals surface area contributed by atoms with Crippen molar-refractivity contribution in [2.45, 2.75) is 39.0 Å². The Hall–Kier alpha value is -2.12. The molecule has 0 radical (unpaired) electrons. The van der Waals surface area contributed by atoms with Gasteiger partial charge in [0.2, 0.25) is 10.0 Å². The molecule has 0 amide bonds. The molecule has 3 rings (SSSR count). The van der Waals surface area contributed by atoms with E-state index in [1.807, 2.05) is 13.8 Å². The number of aryl methyl sites for hydroxylation is 4. The minimum atomic E-state index is -3.62. The highest BCUT2D eigenvalue weighted by Gasteiger charge is 2.23. The third-order valence-corrected chi connectivity index (χ3v) is 5.88. The van der Waals surface area contributed by atoms with Gasteiger partial charge in [-0.2, -0.15) is 0 Å². The van der Waals surface area contributed by atoms with Crippen molar-refractivity contribution in [1.29, 1.82) is 0 Å². The topological polar surface area (TPSA) is 88.0 Å². The Bertz CT molecular complexity index is 980. The molecule has 7 heteroatoms. The normalized spacial score (nSPS) is 12.2. The van der Waals surface area contributed by atoms with Gasteiger partial charge in [-0.3, -0.25) is 0 Å². The second-order valence-corrected chi connectivity index (χ2v) is 7.78. The van der Waals surface area contributed by atoms with Crippen molar-refractivity contribution >= 4 is 20.9 Å². The van der Waals surface area contributed by atoms with Gasteiger partial charge in [-0.05, 0) is 51.8 Å². The van der Waals surface area contributed by atoms with Crippen LogP contribution in [-0.4, -0.2) is 25.1 Å². The van der Waals surface area contributed by atoms with E-state index in [-0.39, 0.29) is 4.90 Å². The number of H-pyrrole nitrogens is 1. The van der Waals surface area contributed by atoms with Crippen molar-refractivity contribution in [3.8, 4) is 0 Å². The third-order valence-electron chi connectivity index (χ3n) is 4.18. The van der Waals surface area contributed by atoms with Crippen molar-refractivity contribution < 1.29 is 12.9 Å². The van der Waals surface area contributed by atoms with Crippen molar-refractivity contribution in [2.24, 2.45) is 0 Å². The molecule has 3 aromatic rings. The fraction of sp³-hybridized carbons (Fsp3) is 0.353. The standard InChI is InChI=1S/C17H21N3O3S/c1-10-5-6-16-15(9-10)14(11(2)19-16)7-8-18-24(21,22)17-12(3)20-23-13(17)4/h5-6,9,18-19H,7-8H2,1-4H3. The summed E-state index contributed by atoms with van der Waals surface area (Å²) in [6.45, 7) is 7.59. The van der Waals surface area contributed by atoms with Gasteiger partial charge in [0.1, 0.15) is 10.6 Å². The summed E-state index contributed by atoms with van der Waals surface area (Å²) in [5.74, 6) is 0.305. The van der Waals surface area contributed by atoms with Crippen LogP contribution in [0.25, 0.3) is 10.9 Å². The Morgan fingerprint density at radius 3 is 2.62 bits per heavy atom. The Morgan fingerprint density at radius 1 is 1.21 bits per heavy atom. The zero-order valence-corrected chi connectivity index (χ0v) is 15.0. The van der Waals surface area contributed by atoms with E-state index < -0.39 is 10.0 Å². The zero-order chi connectivity index (χ0) is 17.5. The summed E-state index contributed by atoms with van der Waals surface area (Å²) in [6, 6.07) is 6.23. The first kappa shape index (κ1) is 16.7. The van der Waals surface area contributed by atoms with Crippen LogP contribution in [0.15, 0.2) is 27.6 Å². The zero-order valence-electron chi connectivity index (χ0n) is 14.2. The molecule has 2 N–H and O–H groups in total. The van der Waals surface area contributed by atoms with Crippen LogP contribution in [0.4, 0.5) is 0 Å². The maximum atomic E-state index is 12.4. The van der Waals surface area contributed by atoms with Crippen molar-refractivity contribution in [3.05, 3.63) is 46.5 Å². The van der Waals surface area contributed by atoms with Gasteiger partial charge in [0.25, 0.3) is 0 Å². The molecule has 1 aromatic carbocycles. The molecule has 0 fully saturated rings. The summed E-state index contributed by atoms with van der Waals surface area (Å²) in [5.41, 5.74) is 4.82. The molecule has 24 heavy (non-hydrogen) atoms. The Kier molecular flexibility index (Phi) is 4.23. The number of nitrogens with one attached hydrogen (secondary N) is 2. The summed E-state index contributed by atoms with van der Waals surface area (Å²) in [6.07, 6.45) is 0.609. The number of aromatic nitrogens is 2. The van der Waals surface area contributed by atoms with E-state index in [0.717, 1.165) is 22.2 Å². The average Bonchev–Trinajstić information content (AvgIpc) is 2.99. The Labute approximate surface area is 141 Å². The molecule has 2 heterocycles. The van der Waals surface area contributed by atoms with E-state index in [4.69, 9.17) is 4.52 Å². The minimum absolute atomic E-state index is 0.133. The molecule has 0 atom stereocenters. The number of sulfonamides is 1. The summed E-state index contributed by atoms with van der Waals surface area (Å²) < 4.78 is 32.5. The number of hydrogen-bond acceptors (Lipinski definition) is 4. The maximum Gasteiger partial charge on any atom is 0.245 e. The second kappa shape index (κ2) is 6.07. The highest BCUT2D eigenvalue weighted by Crippen LogP contribution is 2.24. The van der Waals surface area contributed by atoms with Gasteiger partial charge in [-0.1, -0.05) is 16.8 Å². The Balaban J connectivity index is 1.80. The smallest absolute Gasteiger partial charge is 0.245 e. The molecule has 128 valence electrons. The summed E-state index contributed by atoms with van der Waals surface area (Å²) in [7, 11) is -3.62. The lowest BCUT2D eigenvalue weighted by atomic mass is 10.1. The van der Waals surface area contributed by atoms with E-state index in [2.05, 4.69) is 33.1 Å². The van der Waals surface area contributed by atoms with Crippen molar-refractivity contribution in [2.75, 3.05) is 6.54 Å². The van der Waals surface area contributed by atoms with Crippen LogP contribution >= 0.6 is 0 Å². The van der Waals surface area contributed by atoms with E-state index in [0.29, 0.717) is 24.4 Å². The first-order chi connectivity index (χ1) is 11.3. The van der Waals surface area contributed by atoms with Crippen LogP contribution in [0.1, 0.15) is 28.3 Å². The summed E-state index contributed by atoms with van der Waals surface area (Å²) in [5, 5.41) is 4.85. The molecule has 0 aliphatic carbocycles. The van der Waals surface area contributed by atoms with E-state index in [9.17, 15) is 8.42 Å². The Morgan fingerprint density at radius 2 is 1.96 bits per heavy atom. The van der Waals surface area contributed by atoms with E-state index in [1.54, 1.807) is 13.8 Å². The van der Waals surface area contributed by atoms with E-state index >= 15 is 0 Å². The van der Waals surface area contributed by atoms with Gasteiger partial charge < -0.3 is 9.51 Å². The highest BCUT2D eigenvalue weighted by atomic mass is 32.2. The summed E-state index contributed by atoms with van der Waals surface area (Å²) >= 11 is 0. The molecule has 0 unspecified atom stereocenters. The number of nitrogens with zero attached hydrogens (tertiary/aromatic N) is 1. The van der Waals surface area contributed by atoms with Crippen LogP contribution in [-0.2, 0) is 16.4 Å². The summed E-state index contributed by atoms with van der Waals surface area (Å²) in [4.78, 5) is 3.48. The monoisotopic (exact) mass is 347 g/mol. The largest absolute Gasteiger partial charge is 0.360 e. The highest BCUT2D eigenvalue weighted by molar-refractivity contribution is 7.89. The lowest BCUT2D eigenvalue weighted by molar-refractivity contribution is 0.390. The minimum Gasteiger partial charge on any atom is -0.360 e. The molecule has 2 aromatic heterocycles. The molecule has 0 spiro atoms. The van der Waals surface area contributed by atoms with Crippen LogP contribution in [0.3, 0.4) is 0 Å². The lowest BCUT2D eigenvalue weighted by Gasteiger charge is -2.07. The lowest BCUT2D eigenvalue weighted by Crippen LogP contribution is -2.26. The van der Waals surface area contributed by atoms with Gasteiger partial charge in [0, 0.05) is 23.1 Å².